The number of hydrogen-bond donors (Lipinski definition) is 2. The molecule has 0 aliphatic carbocycles. The van der Waals surface area contributed by atoms with Crippen LogP contribution in [0.3, 0.4) is 0 Å². The second kappa shape index (κ2) is 5.10. The highest BCUT2D eigenvalue weighted by Crippen LogP contribution is 2.20. The Hall–Kier alpha value is -0.900. The molecule has 3 heteroatoms. The molecule has 78 valence electrons. The van der Waals surface area contributed by atoms with E-state index >= 15 is 0 Å². The van der Waals surface area contributed by atoms with Crippen LogP contribution in [0.15, 0.2) is 30.3 Å². The number of hydrazine groups is 1. The van der Waals surface area contributed by atoms with Crippen molar-refractivity contribution in [1.82, 2.24) is 5.01 Å². The summed E-state index contributed by atoms with van der Waals surface area (Å²) >= 11 is 0. The maximum absolute atomic E-state index is 10.0. The molecule has 0 unspecified atom stereocenters. The lowest BCUT2D eigenvalue weighted by Gasteiger charge is -2.27. The molecule has 3 N–H and O–H groups in total. The van der Waals surface area contributed by atoms with E-state index in [1.165, 1.54) is 0 Å². The molecule has 1 aromatic rings. The second-order valence-corrected chi connectivity index (χ2v) is 3.50. The quantitative estimate of drug-likeness (QED) is 0.561. The Kier molecular flexibility index (Phi) is 4.07. The lowest BCUT2D eigenvalue weighted by molar-refractivity contribution is 0.0603. The van der Waals surface area contributed by atoms with Crippen molar-refractivity contribution in [2.24, 2.45) is 5.84 Å². The van der Waals surface area contributed by atoms with Crippen LogP contribution in [0.1, 0.15) is 25.0 Å². The van der Waals surface area contributed by atoms with Crippen LogP contribution in [0.5, 0.6) is 0 Å². The average Bonchev–Trinajstić information content (AvgIpc) is 2.19. The first kappa shape index (κ1) is 11.2. The molecule has 0 aromatic heterocycles. The van der Waals surface area contributed by atoms with Crippen LogP contribution in [0, 0.1) is 0 Å². The number of rotatable bonds is 4. The summed E-state index contributed by atoms with van der Waals surface area (Å²) in [5.41, 5.74) is 0.914. The minimum atomic E-state index is -0.517. The number of nitrogens with zero attached hydrogens (tertiary/aromatic N) is 1. The van der Waals surface area contributed by atoms with Gasteiger partial charge < -0.3 is 5.11 Å². The van der Waals surface area contributed by atoms with E-state index in [9.17, 15) is 5.11 Å². The van der Waals surface area contributed by atoms with E-state index in [4.69, 9.17) is 5.84 Å². The normalized spacial score (nSPS) is 15.5. The zero-order valence-corrected chi connectivity index (χ0v) is 8.72. The van der Waals surface area contributed by atoms with Crippen LogP contribution in [0.25, 0.3) is 0 Å². The highest BCUT2D eigenvalue weighted by atomic mass is 16.3. The standard InChI is InChI=1S/C11H18N2O/c1-3-10(13(2)12)11(14)9-7-5-4-6-8-9/h4-8,10-11,14H,3,12H2,1-2H3/t10-,11+/m0/s1. The molecule has 0 amide bonds. The van der Waals surface area contributed by atoms with Crippen molar-refractivity contribution in [1.29, 1.82) is 0 Å². The molecule has 0 aliphatic heterocycles. The van der Waals surface area contributed by atoms with Crippen LogP contribution in [-0.4, -0.2) is 23.2 Å². The predicted octanol–water partition coefficient (Wildman–Crippen LogP) is 1.30. The summed E-state index contributed by atoms with van der Waals surface area (Å²) in [7, 11) is 1.78. The first-order valence-electron chi connectivity index (χ1n) is 4.87. The lowest BCUT2D eigenvalue weighted by Crippen LogP contribution is -2.41. The molecule has 0 aliphatic rings. The fourth-order valence-corrected chi connectivity index (χ4v) is 1.61. The number of aliphatic hydroxyl groups is 1. The highest BCUT2D eigenvalue weighted by Gasteiger charge is 2.20. The van der Waals surface area contributed by atoms with Gasteiger partial charge in [-0.3, -0.25) is 5.84 Å². The Morgan fingerprint density at radius 2 is 1.93 bits per heavy atom. The van der Waals surface area contributed by atoms with Crippen LogP contribution in [-0.2, 0) is 0 Å². The van der Waals surface area contributed by atoms with Gasteiger partial charge >= 0.3 is 0 Å². The summed E-state index contributed by atoms with van der Waals surface area (Å²) in [6.45, 7) is 2.01. The average molecular weight is 194 g/mol. The Morgan fingerprint density at radius 1 is 1.36 bits per heavy atom. The van der Waals surface area contributed by atoms with E-state index in [-0.39, 0.29) is 6.04 Å². The zero-order valence-electron chi connectivity index (χ0n) is 8.72. The SMILES string of the molecule is CC[C@@H]([C@H](O)c1ccccc1)N(C)N. The van der Waals surface area contributed by atoms with Crippen molar-refractivity contribution in [2.75, 3.05) is 7.05 Å². The highest BCUT2D eigenvalue weighted by molar-refractivity contribution is 5.18. The predicted molar refractivity (Wildman–Crippen MR) is 57.4 cm³/mol. The first-order valence-corrected chi connectivity index (χ1v) is 4.87. The fraction of sp³-hybridized carbons (Fsp3) is 0.455. The summed E-state index contributed by atoms with van der Waals surface area (Å²) in [6, 6.07) is 9.57. The minimum absolute atomic E-state index is 0.0302. The number of hydrogen-bond acceptors (Lipinski definition) is 3. The molecular formula is C11H18N2O. The van der Waals surface area contributed by atoms with Gasteiger partial charge in [-0.15, -0.1) is 0 Å². The summed E-state index contributed by atoms with van der Waals surface area (Å²) in [5.74, 6) is 5.66. The summed E-state index contributed by atoms with van der Waals surface area (Å²) in [5, 5.41) is 11.6. The van der Waals surface area contributed by atoms with E-state index < -0.39 is 6.10 Å². The maximum atomic E-state index is 10.0. The molecule has 0 saturated heterocycles. The molecule has 0 spiro atoms. The Labute approximate surface area is 85.1 Å². The number of likely N-dealkylation sites (N-methyl/N-ethyl adjacent to an activating group) is 1. The first-order chi connectivity index (χ1) is 6.66. The molecular weight excluding hydrogens is 176 g/mol. The number of aliphatic hydroxyl groups excluding tert-OH is 1. The summed E-state index contributed by atoms with van der Waals surface area (Å²) in [6.07, 6.45) is 0.305. The zero-order chi connectivity index (χ0) is 10.6. The Bertz CT molecular complexity index is 261. The second-order valence-electron chi connectivity index (χ2n) is 3.50. The van der Waals surface area contributed by atoms with Gasteiger partial charge in [0, 0.05) is 7.05 Å². The molecule has 2 atom stereocenters. The van der Waals surface area contributed by atoms with E-state index in [2.05, 4.69) is 0 Å². The third-order valence-electron chi connectivity index (χ3n) is 2.45. The van der Waals surface area contributed by atoms with Crippen molar-refractivity contribution < 1.29 is 5.11 Å². The molecule has 14 heavy (non-hydrogen) atoms. The Morgan fingerprint density at radius 3 is 2.36 bits per heavy atom. The van der Waals surface area contributed by atoms with E-state index in [0.717, 1.165) is 12.0 Å². The van der Waals surface area contributed by atoms with Crippen LogP contribution in [0.4, 0.5) is 0 Å². The van der Waals surface area contributed by atoms with Crippen LogP contribution >= 0.6 is 0 Å². The van der Waals surface area contributed by atoms with Gasteiger partial charge in [-0.2, -0.15) is 0 Å². The Balaban J connectivity index is 2.78. The van der Waals surface area contributed by atoms with Crippen molar-refractivity contribution in [3.05, 3.63) is 35.9 Å². The summed E-state index contributed by atoms with van der Waals surface area (Å²) in [4.78, 5) is 0. The van der Waals surface area contributed by atoms with Gasteiger partial charge in [-0.1, -0.05) is 37.3 Å². The molecule has 0 saturated carbocycles. The van der Waals surface area contributed by atoms with Crippen LogP contribution in [0.2, 0.25) is 0 Å². The van der Waals surface area contributed by atoms with Gasteiger partial charge in [0.2, 0.25) is 0 Å². The van der Waals surface area contributed by atoms with Gasteiger partial charge in [0.15, 0.2) is 0 Å². The monoisotopic (exact) mass is 194 g/mol. The number of benzene rings is 1. The molecule has 3 nitrogen and oxygen atoms in total. The smallest absolute Gasteiger partial charge is 0.0958 e. The topological polar surface area (TPSA) is 49.5 Å². The van der Waals surface area contributed by atoms with E-state index in [1.54, 1.807) is 12.1 Å². The molecule has 0 fully saturated rings. The molecule has 1 aromatic carbocycles. The van der Waals surface area contributed by atoms with Crippen molar-refractivity contribution >= 4 is 0 Å². The molecule has 1 rings (SSSR count). The maximum Gasteiger partial charge on any atom is 0.0958 e. The summed E-state index contributed by atoms with van der Waals surface area (Å²) < 4.78 is 0. The molecule has 0 heterocycles. The van der Waals surface area contributed by atoms with Gasteiger partial charge in [0.1, 0.15) is 0 Å². The van der Waals surface area contributed by atoms with E-state index in [1.807, 2.05) is 37.3 Å². The lowest BCUT2D eigenvalue weighted by atomic mass is 10.0. The largest absolute Gasteiger partial charge is 0.387 e. The fourth-order valence-electron chi connectivity index (χ4n) is 1.61. The molecule has 0 bridgehead atoms. The van der Waals surface area contributed by atoms with Gasteiger partial charge in [-0.25, -0.2) is 5.01 Å². The third kappa shape index (κ3) is 2.54. The van der Waals surface area contributed by atoms with Gasteiger partial charge in [0.25, 0.3) is 0 Å². The third-order valence-corrected chi connectivity index (χ3v) is 2.45. The van der Waals surface area contributed by atoms with Crippen molar-refractivity contribution in [3.8, 4) is 0 Å². The van der Waals surface area contributed by atoms with Gasteiger partial charge in [0.05, 0.1) is 12.1 Å². The van der Waals surface area contributed by atoms with Gasteiger partial charge in [-0.05, 0) is 12.0 Å². The minimum Gasteiger partial charge on any atom is -0.387 e. The number of nitrogens with two attached hydrogens (primary N) is 1. The molecule has 0 radical (unpaired) electrons. The van der Waals surface area contributed by atoms with Crippen molar-refractivity contribution in [2.45, 2.75) is 25.5 Å². The van der Waals surface area contributed by atoms with Crippen molar-refractivity contribution in [3.63, 3.8) is 0 Å². The van der Waals surface area contributed by atoms with Crippen LogP contribution < -0.4 is 5.84 Å². The van der Waals surface area contributed by atoms with E-state index in [0.29, 0.717) is 0 Å².